The number of anilines is 6. The number of carbonyl (C=O) groups is 2. The van der Waals surface area contributed by atoms with Gasteiger partial charge in [0, 0.05) is 105 Å². The van der Waals surface area contributed by atoms with Crippen molar-refractivity contribution in [2.75, 3.05) is 58.1 Å². The number of piperazine rings is 1. The molecule has 1 aliphatic carbocycles. The quantitative estimate of drug-likeness (QED) is 0.128. The summed E-state index contributed by atoms with van der Waals surface area (Å²) in [5, 5.41) is 17.0. The zero-order valence-corrected chi connectivity index (χ0v) is 38.2. The van der Waals surface area contributed by atoms with E-state index in [9.17, 15) is 23.9 Å². The first-order chi connectivity index (χ1) is 31.1. The van der Waals surface area contributed by atoms with Gasteiger partial charge >= 0.3 is 0 Å². The molecule has 3 atom stereocenters. The predicted molar refractivity (Wildman–Crippen MR) is 254 cm³/mol. The van der Waals surface area contributed by atoms with Crippen molar-refractivity contribution in [2.24, 2.45) is 12.5 Å². The van der Waals surface area contributed by atoms with Crippen LogP contribution in [0.2, 0.25) is 0 Å². The first kappa shape index (κ1) is 43.9. The second kappa shape index (κ2) is 17.2. The lowest BCUT2D eigenvalue weighted by molar-refractivity contribution is -0.111. The maximum absolute atomic E-state index is 14.0. The maximum Gasteiger partial charge on any atom is 0.293 e. The summed E-state index contributed by atoms with van der Waals surface area (Å²) in [6.07, 6.45) is 8.31. The molecule has 5 aromatic rings. The third-order valence-corrected chi connectivity index (χ3v) is 13.9. The van der Waals surface area contributed by atoms with Gasteiger partial charge in [-0.1, -0.05) is 20.4 Å². The van der Waals surface area contributed by atoms with Gasteiger partial charge < -0.3 is 34.7 Å². The number of amides is 2. The minimum Gasteiger partial charge on any atom is -0.392 e. The molecule has 1 unspecified atom stereocenters. The Morgan fingerprint density at radius 1 is 1.00 bits per heavy atom. The number of rotatable bonds is 10. The zero-order valence-electron chi connectivity index (χ0n) is 38.2. The topological polar surface area (TPSA) is 144 Å². The van der Waals surface area contributed by atoms with Crippen molar-refractivity contribution < 1.29 is 19.1 Å². The van der Waals surface area contributed by atoms with Crippen molar-refractivity contribution in [3.8, 4) is 11.3 Å². The van der Waals surface area contributed by atoms with E-state index in [1.54, 1.807) is 42.5 Å². The highest BCUT2D eigenvalue weighted by atomic mass is 19.1. The molecule has 0 spiro atoms. The van der Waals surface area contributed by atoms with Gasteiger partial charge in [-0.25, -0.2) is 14.4 Å². The fraction of sp³-hybridized carbons (Fsp3) is 0.420. The van der Waals surface area contributed by atoms with Gasteiger partial charge in [-0.05, 0) is 118 Å². The third-order valence-electron chi connectivity index (χ3n) is 13.9. The van der Waals surface area contributed by atoms with E-state index >= 15 is 0 Å². The Hall–Kier alpha value is -6.32. The van der Waals surface area contributed by atoms with Crippen LogP contribution in [0.3, 0.4) is 0 Å². The van der Waals surface area contributed by atoms with Crippen molar-refractivity contribution in [1.82, 2.24) is 24.0 Å². The van der Waals surface area contributed by atoms with Gasteiger partial charge in [0.05, 0.1) is 23.7 Å². The van der Waals surface area contributed by atoms with Crippen LogP contribution in [0.15, 0.2) is 78.4 Å². The number of piperidine rings is 1. The number of aryl methyl sites for hydroxylation is 2. The molecule has 6 heterocycles. The Morgan fingerprint density at radius 2 is 1.82 bits per heavy atom. The molecule has 15 heteroatoms. The normalized spacial score (nSPS) is 20.7. The van der Waals surface area contributed by atoms with Crippen LogP contribution in [-0.2, 0) is 37.8 Å². The highest BCUT2D eigenvalue weighted by Crippen LogP contribution is 2.41. The number of nitrogens with zero attached hydrogens (tertiary/aromatic N) is 8. The Bertz CT molecular complexity index is 2760. The van der Waals surface area contributed by atoms with E-state index in [-0.39, 0.29) is 40.5 Å². The number of hydrogen-bond acceptors (Lipinski definition) is 10. The summed E-state index contributed by atoms with van der Waals surface area (Å²) in [6.45, 7) is 18.4. The zero-order chi connectivity index (χ0) is 45.9. The van der Waals surface area contributed by atoms with Crippen molar-refractivity contribution in [2.45, 2.75) is 91.6 Å². The predicted octanol–water partition coefficient (Wildman–Crippen LogP) is 6.80. The molecular weight excluding hydrogens is 824 g/mol. The molecule has 3 N–H and O–H groups in total. The monoisotopic (exact) mass is 882 g/mol. The van der Waals surface area contributed by atoms with E-state index in [1.807, 2.05) is 37.3 Å². The lowest BCUT2D eigenvalue weighted by Gasteiger charge is -2.48. The molecule has 0 saturated carbocycles. The summed E-state index contributed by atoms with van der Waals surface area (Å²) in [7, 11) is 1.64. The molecule has 65 heavy (non-hydrogen) atoms. The van der Waals surface area contributed by atoms with Gasteiger partial charge in [0.15, 0.2) is 5.82 Å². The number of nitrogens with one attached hydrogen (secondary N) is 2. The van der Waals surface area contributed by atoms with Gasteiger partial charge in [0.1, 0.15) is 17.3 Å². The largest absolute Gasteiger partial charge is 0.392 e. The number of halogens is 1. The fourth-order valence-electron chi connectivity index (χ4n) is 10.7. The first-order valence-corrected chi connectivity index (χ1v) is 22.7. The number of carbonyl (C=O) groups excluding carboxylic acids is 2. The minimum atomic E-state index is -0.405. The van der Waals surface area contributed by atoms with Crippen molar-refractivity contribution in [1.29, 1.82) is 0 Å². The van der Waals surface area contributed by atoms with Crippen molar-refractivity contribution in [3.05, 3.63) is 118 Å². The van der Waals surface area contributed by atoms with Crippen LogP contribution in [0, 0.1) is 18.2 Å². The summed E-state index contributed by atoms with van der Waals surface area (Å²) in [4.78, 5) is 58.8. The fourth-order valence-corrected chi connectivity index (χ4v) is 10.7. The second-order valence-corrected chi connectivity index (χ2v) is 19.1. The van der Waals surface area contributed by atoms with E-state index in [1.165, 1.54) is 21.9 Å². The molecule has 2 fully saturated rings. The molecule has 0 radical (unpaired) electrons. The summed E-state index contributed by atoms with van der Waals surface area (Å²) in [6, 6.07) is 15.6. The Kier molecular flexibility index (Phi) is 11.6. The van der Waals surface area contributed by atoms with Gasteiger partial charge in [-0.2, -0.15) is 0 Å². The Labute approximate surface area is 379 Å². The minimum absolute atomic E-state index is 0.0436. The highest BCUT2D eigenvalue weighted by Gasteiger charge is 2.38. The molecule has 2 amide bonds. The lowest BCUT2D eigenvalue weighted by Crippen LogP contribution is -2.58. The number of hydrogen-bond donors (Lipinski definition) is 3. The molecule has 3 aliphatic heterocycles. The van der Waals surface area contributed by atoms with Gasteiger partial charge in [-0.3, -0.25) is 24.2 Å². The van der Waals surface area contributed by atoms with E-state index < -0.39 is 6.61 Å². The van der Waals surface area contributed by atoms with E-state index in [0.717, 1.165) is 63.2 Å². The van der Waals surface area contributed by atoms with Crippen LogP contribution < -0.4 is 30.9 Å². The molecule has 2 aromatic carbocycles. The number of aliphatic hydroxyl groups is 1. The molecule has 14 nitrogen and oxygen atoms in total. The van der Waals surface area contributed by atoms with Gasteiger partial charge in [0.25, 0.3) is 11.5 Å². The van der Waals surface area contributed by atoms with Crippen molar-refractivity contribution in [3.63, 3.8) is 0 Å². The molecule has 4 aliphatic rings. The second-order valence-electron chi connectivity index (χ2n) is 19.1. The van der Waals surface area contributed by atoms with E-state index in [0.29, 0.717) is 70.4 Å². The standard InChI is InChI=1S/C50H59FN10O4/c1-8-45(63)54-40-24-34(9-12-42(40)59-18-17-57(27-32(59)4)35-14-16-58(31(3)22-35)36-10-11-39(51)30(2)21-36)53-46-49(65)56(7)28-41(55-46)37-13-15-52-47(38(37)29-62)61-20-19-60-43(48(61)64)23-33-25-50(5,6)26-44(33)60/h8-13,15,21,23-24,28,31-32,35,62H,1,14,16-20,22,25-27,29H2,2-7H3,(H,53,55)(H,54,63)/t31-,32-,35?/m0/s1. The van der Waals surface area contributed by atoms with Crippen LogP contribution in [0.4, 0.5) is 38.8 Å². The van der Waals surface area contributed by atoms with E-state index in [4.69, 9.17) is 4.98 Å². The van der Waals surface area contributed by atoms with E-state index in [2.05, 4.69) is 69.2 Å². The first-order valence-electron chi connectivity index (χ1n) is 22.7. The average Bonchev–Trinajstić information content (AvgIpc) is 3.78. The molecule has 0 bridgehead atoms. The summed E-state index contributed by atoms with van der Waals surface area (Å²) >= 11 is 0. The Balaban J connectivity index is 0.933. The molecular formula is C50H59FN10O4. The lowest BCUT2D eigenvalue weighted by atomic mass is 9.90. The third kappa shape index (κ3) is 8.31. The van der Waals surface area contributed by atoms with Crippen LogP contribution in [0.5, 0.6) is 0 Å². The molecule has 3 aromatic heterocycles. The smallest absolute Gasteiger partial charge is 0.293 e. The molecule has 2 saturated heterocycles. The highest BCUT2D eigenvalue weighted by molar-refractivity contribution is 6.06. The molecule has 340 valence electrons. The van der Waals surface area contributed by atoms with Gasteiger partial charge in [-0.15, -0.1) is 0 Å². The number of aromatic nitrogens is 4. The average molecular weight is 883 g/mol. The maximum atomic E-state index is 14.0. The summed E-state index contributed by atoms with van der Waals surface area (Å²) < 4.78 is 17.6. The summed E-state index contributed by atoms with van der Waals surface area (Å²) in [5.41, 5.74) is 7.93. The number of fused-ring (bicyclic) bond motifs is 3. The van der Waals surface area contributed by atoms with Gasteiger partial charge in [0.2, 0.25) is 5.91 Å². The van der Waals surface area contributed by atoms with Crippen molar-refractivity contribution >= 4 is 46.2 Å². The summed E-state index contributed by atoms with van der Waals surface area (Å²) in [5.74, 6) is -0.302. The van der Waals surface area contributed by atoms with Crippen LogP contribution in [-0.4, -0.2) is 91.8 Å². The number of benzene rings is 2. The Morgan fingerprint density at radius 3 is 2.55 bits per heavy atom. The van der Waals surface area contributed by atoms with Crippen LogP contribution in [0.1, 0.15) is 73.4 Å². The van der Waals surface area contributed by atoms with Crippen LogP contribution >= 0.6 is 0 Å². The molecule has 9 rings (SSSR count). The number of aliphatic hydroxyl groups excluding tert-OH is 1. The van der Waals surface area contributed by atoms with Crippen LogP contribution in [0.25, 0.3) is 11.3 Å². The number of pyridine rings is 1. The SMILES string of the molecule is C=CC(=O)Nc1cc(Nc2nc(-c3ccnc(N4CCn5c(cc6c5CC(C)(C)C6)C4=O)c3CO)cn(C)c2=O)ccc1N1CCN(C2CCN(c3ccc(F)c(C)c3)[C@@H](C)C2)C[C@@H]1C.